The Kier molecular flexibility index (Phi) is 6.99. The van der Waals surface area contributed by atoms with Crippen molar-refractivity contribution in [2.45, 2.75) is 0 Å². The van der Waals surface area contributed by atoms with Crippen LogP contribution < -0.4 is 9.64 Å². The SMILES string of the molecule is O=C(Oc1ccc(/C=C2\SC(=S)N(c3ccc([N+](=O)[O-])cc3)C2=O)cc1)c1ccc(Cl)cc1Cl. The Morgan fingerprint density at radius 1 is 1.06 bits per heavy atom. The molecule has 0 aliphatic carbocycles. The average molecular weight is 531 g/mol. The summed E-state index contributed by atoms with van der Waals surface area (Å²) in [7, 11) is 0. The molecule has 0 spiro atoms. The lowest BCUT2D eigenvalue weighted by molar-refractivity contribution is -0.384. The third-order valence-electron chi connectivity index (χ3n) is 4.65. The topological polar surface area (TPSA) is 89.8 Å². The molecule has 1 fully saturated rings. The van der Waals surface area contributed by atoms with Crippen molar-refractivity contribution < 1.29 is 19.2 Å². The Morgan fingerprint density at radius 3 is 2.35 bits per heavy atom. The zero-order valence-electron chi connectivity index (χ0n) is 16.9. The molecular weight excluding hydrogens is 519 g/mol. The predicted molar refractivity (Wildman–Crippen MR) is 137 cm³/mol. The van der Waals surface area contributed by atoms with E-state index in [1.807, 2.05) is 0 Å². The van der Waals surface area contributed by atoms with E-state index in [0.717, 1.165) is 11.8 Å². The minimum absolute atomic E-state index is 0.0798. The second kappa shape index (κ2) is 9.94. The van der Waals surface area contributed by atoms with Crippen LogP contribution in [0.1, 0.15) is 15.9 Å². The molecule has 0 saturated carbocycles. The van der Waals surface area contributed by atoms with Gasteiger partial charge in [0.1, 0.15) is 5.75 Å². The third-order valence-corrected chi connectivity index (χ3v) is 6.50. The summed E-state index contributed by atoms with van der Waals surface area (Å²) in [5.74, 6) is -0.665. The largest absolute Gasteiger partial charge is 0.423 e. The predicted octanol–water partition coefficient (Wildman–Crippen LogP) is 6.53. The molecule has 3 aromatic carbocycles. The number of hydrogen-bond donors (Lipinski definition) is 0. The van der Waals surface area contributed by atoms with Gasteiger partial charge in [0, 0.05) is 17.2 Å². The van der Waals surface area contributed by atoms with Crippen molar-refractivity contribution >= 4 is 80.8 Å². The van der Waals surface area contributed by atoms with Gasteiger partial charge in [-0.05, 0) is 54.1 Å². The molecule has 1 heterocycles. The van der Waals surface area contributed by atoms with Gasteiger partial charge in [-0.1, -0.05) is 59.3 Å². The van der Waals surface area contributed by atoms with Gasteiger partial charge in [0.2, 0.25) is 0 Å². The van der Waals surface area contributed by atoms with Crippen molar-refractivity contribution in [2.75, 3.05) is 4.90 Å². The summed E-state index contributed by atoms with van der Waals surface area (Å²) in [6, 6.07) is 16.6. The van der Waals surface area contributed by atoms with Gasteiger partial charge in [-0.25, -0.2) is 4.79 Å². The van der Waals surface area contributed by atoms with E-state index in [0.29, 0.717) is 31.2 Å². The Balaban J connectivity index is 1.48. The summed E-state index contributed by atoms with van der Waals surface area (Å²) in [4.78, 5) is 37.3. The zero-order valence-corrected chi connectivity index (χ0v) is 20.1. The van der Waals surface area contributed by atoms with Crippen molar-refractivity contribution in [3.63, 3.8) is 0 Å². The number of anilines is 1. The van der Waals surface area contributed by atoms with Crippen LogP contribution in [0.15, 0.2) is 71.6 Å². The van der Waals surface area contributed by atoms with Crippen LogP contribution in [0, 0.1) is 10.1 Å². The van der Waals surface area contributed by atoms with Crippen molar-refractivity contribution in [2.24, 2.45) is 0 Å². The summed E-state index contributed by atoms with van der Waals surface area (Å²) in [6.45, 7) is 0. The maximum Gasteiger partial charge on any atom is 0.345 e. The number of amides is 1. The normalized spacial score (nSPS) is 14.5. The molecular formula is C23H12Cl2N2O5S2. The molecule has 3 aromatic rings. The van der Waals surface area contributed by atoms with Crippen LogP contribution in [-0.4, -0.2) is 21.1 Å². The van der Waals surface area contributed by atoms with Crippen LogP contribution >= 0.6 is 47.2 Å². The molecule has 170 valence electrons. The van der Waals surface area contributed by atoms with E-state index in [1.165, 1.54) is 41.3 Å². The van der Waals surface area contributed by atoms with E-state index < -0.39 is 10.9 Å². The van der Waals surface area contributed by atoms with Crippen molar-refractivity contribution in [1.29, 1.82) is 0 Å². The maximum absolute atomic E-state index is 12.9. The van der Waals surface area contributed by atoms with Gasteiger partial charge in [-0.3, -0.25) is 19.8 Å². The number of rotatable bonds is 5. The Labute approximate surface area is 213 Å². The van der Waals surface area contributed by atoms with Crippen molar-refractivity contribution in [3.05, 3.63) is 103 Å². The zero-order chi connectivity index (χ0) is 24.4. The number of carbonyl (C=O) groups is 2. The van der Waals surface area contributed by atoms with Gasteiger partial charge < -0.3 is 4.74 Å². The van der Waals surface area contributed by atoms with Gasteiger partial charge in [0.05, 0.1) is 26.1 Å². The molecule has 0 N–H and O–H groups in total. The van der Waals surface area contributed by atoms with E-state index in [-0.39, 0.29) is 22.2 Å². The number of halogens is 2. The number of nitrogens with zero attached hydrogens (tertiary/aromatic N) is 2. The lowest BCUT2D eigenvalue weighted by Gasteiger charge is -2.13. The van der Waals surface area contributed by atoms with E-state index in [2.05, 4.69) is 0 Å². The molecule has 0 bridgehead atoms. The molecule has 1 aliphatic heterocycles. The van der Waals surface area contributed by atoms with Crippen LogP contribution in [0.2, 0.25) is 10.0 Å². The molecule has 4 rings (SSSR count). The number of benzene rings is 3. The molecule has 34 heavy (non-hydrogen) atoms. The first-order valence-corrected chi connectivity index (χ1v) is 11.5. The highest BCUT2D eigenvalue weighted by atomic mass is 35.5. The molecule has 1 amide bonds. The Morgan fingerprint density at radius 2 is 1.74 bits per heavy atom. The van der Waals surface area contributed by atoms with Crippen LogP contribution in [0.3, 0.4) is 0 Å². The summed E-state index contributed by atoms with van der Waals surface area (Å²) >= 11 is 18.3. The number of carbonyl (C=O) groups excluding carboxylic acids is 2. The smallest absolute Gasteiger partial charge is 0.345 e. The fourth-order valence-electron chi connectivity index (χ4n) is 3.01. The molecule has 11 heteroatoms. The average Bonchev–Trinajstić information content (AvgIpc) is 3.07. The molecule has 0 aromatic heterocycles. The molecule has 0 radical (unpaired) electrons. The van der Waals surface area contributed by atoms with Gasteiger partial charge in [-0.2, -0.15) is 0 Å². The van der Waals surface area contributed by atoms with Gasteiger partial charge in [0.25, 0.3) is 11.6 Å². The standard InChI is InChI=1S/C23H12Cl2N2O5S2/c24-14-3-10-18(19(25)12-14)22(29)32-17-8-1-13(2-9-17)11-20-21(28)26(23(33)34-20)15-4-6-16(7-5-15)27(30)31/h1-12H/b20-11-. The van der Waals surface area contributed by atoms with Gasteiger partial charge in [0.15, 0.2) is 4.32 Å². The number of non-ortho nitro benzene ring substituents is 1. The molecule has 7 nitrogen and oxygen atoms in total. The Bertz CT molecular complexity index is 1360. The van der Waals surface area contributed by atoms with Crippen LogP contribution in [-0.2, 0) is 4.79 Å². The first-order valence-electron chi connectivity index (χ1n) is 9.52. The number of thiocarbonyl (C=S) groups is 1. The maximum atomic E-state index is 12.9. The first kappa shape index (κ1) is 23.9. The van der Waals surface area contributed by atoms with Gasteiger partial charge in [-0.15, -0.1) is 0 Å². The van der Waals surface area contributed by atoms with Gasteiger partial charge >= 0.3 is 5.97 Å². The third kappa shape index (κ3) is 5.13. The summed E-state index contributed by atoms with van der Waals surface area (Å²) in [5.41, 5.74) is 1.24. The first-order chi connectivity index (χ1) is 16.2. The fourth-order valence-corrected chi connectivity index (χ4v) is 4.80. The summed E-state index contributed by atoms with van der Waals surface area (Å²) in [6.07, 6.45) is 1.66. The number of ether oxygens (including phenoxy) is 1. The van der Waals surface area contributed by atoms with Crippen molar-refractivity contribution in [3.8, 4) is 5.75 Å². The van der Waals surface area contributed by atoms with E-state index in [4.69, 9.17) is 40.2 Å². The molecule has 1 saturated heterocycles. The van der Waals surface area contributed by atoms with Crippen molar-refractivity contribution in [1.82, 2.24) is 0 Å². The lowest BCUT2D eigenvalue weighted by Crippen LogP contribution is -2.27. The number of thioether (sulfide) groups is 1. The fraction of sp³-hybridized carbons (Fsp3) is 0. The highest BCUT2D eigenvalue weighted by Gasteiger charge is 2.33. The minimum Gasteiger partial charge on any atom is -0.423 e. The quantitative estimate of drug-likeness (QED) is 0.0924. The number of nitro benzene ring substituents is 1. The Hall–Kier alpha value is -3.24. The molecule has 1 aliphatic rings. The van der Waals surface area contributed by atoms with E-state index in [9.17, 15) is 19.7 Å². The number of hydrogen-bond acceptors (Lipinski definition) is 7. The summed E-state index contributed by atoms with van der Waals surface area (Å²) < 4.78 is 5.66. The summed E-state index contributed by atoms with van der Waals surface area (Å²) in [5, 5.41) is 11.4. The number of nitro groups is 1. The van der Waals surface area contributed by atoms with Crippen LogP contribution in [0.5, 0.6) is 5.75 Å². The molecule has 0 atom stereocenters. The highest BCUT2D eigenvalue weighted by Crippen LogP contribution is 2.36. The highest BCUT2D eigenvalue weighted by molar-refractivity contribution is 8.27. The second-order valence-electron chi connectivity index (χ2n) is 6.87. The number of esters is 1. The van der Waals surface area contributed by atoms with E-state index in [1.54, 1.807) is 36.4 Å². The van der Waals surface area contributed by atoms with E-state index >= 15 is 0 Å². The molecule has 0 unspecified atom stereocenters. The monoisotopic (exact) mass is 530 g/mol. The second-order valence-corrected chi connectivity index (χ2v) is 9.39. The minimum atomic E-state index is -0.626. The van der Waals surface area contributed by atoms with Crippen LogP contribution in [0.25, 0.3) is 6.08 Å². The lowest BCUT2D eigenvalue weighted by atomic mass is 10.2. The van der Waals surface area contributed by atoms with Crippen LogP contribution in [0.4, 0.5) is 11.4 Å².